The van der Waals surface area contributed by atoms with E-state index in [-0.39, 0.29) is 17.3 Å². The van der Waals surface area contributed by atoms with Crippen LogP contribution in [0.15, 0.2) is 12.2 Å². The summed E-state index contributed by atoms with van der Waals surface area (Å²) in [6, 6.07) is 0. The molecule has 0 aromatic carbocycles. The number of ether oxygens (including phenoxy) is 1. The highest BCUT2D eigenvalue weighted by atomic mass is 16.5. The summed E-state index contributed by atoms with van der Waals surface area (Å²) in [4.78, 5) is 12.7. The Morgan fingerprint density at radius 1 is 1.20 bits per heavy atom. The van der Waals surface area contributed by atoms with Gasteiger partial charge in [0.25, 0.3) is 0 Å². The van der Waals surface area contributed by atoms with Crippen LogP contribution in [0.5, 0.6) is 0 Å². The largest absolute Gasteiger partial charge is 0.469 e. The second kappa shape index (κ2) is 5.10. The van der Waals surface area contributed by atoms with Crippen LogP contribution in [-0.2, 0) is 9.53 Å². The summed E-state index contributed by atoms with van der Waals surface area (Å²) in [5.74, 6) is 0.286. The summed E-state index contributed by atoms with van der Waals surface area (Å²) < 4.78 is 5.17. The smallest absolute Gasteiger partial charge is 0.311 e. The third kappa shape index (κ3) is 1.78. The van der Waals surface area contributed by atoms with Gasteiger partial charge in [0.1, 0.15) is 0 Å². The first-order chi connectivity index (χ1) is 11.7. The molecule has 0 aromatic rings. The van der Waals surface area contributed by atoms with Gasteiger partial charge in [-0.05, 0) is 69.3 Å². The third-order valence-corrected chi connectivity index (χ3v) is 9.09. The molecule has 4 aliphatic rings. The van der Waals surface area contributed by atoms with Crippen LogP contribution in [0, 0.1) is 28.1 Å². The van der Waals surface area contributed by atoms with Gasteiger partial charge in [-0.3, -0.25) is 4.79 Å². The maximum Gasteiger partial charge on any atom is 0.311 e. The zero-order chi connectivity index (χ0) is 18.3. The number of carbonyl (C=O) groups excluding carboxylic acids is 1. The second-order valence-corrected chi connectivity index (χ2v) is 9.70. The van der Waals surface area contributed by atoms with Crippen LogP contribution in [0.25, 0.3) is 0 Å². The van der Waals surface area contributed by atoms with Crippen molar-refractivity contribution >= 4 is 5.97 Å². The van der Waals surface area contributed by atoms with Gasteiger partial charge in [-0.2, -0.15) is 0 Å². The molecule has 140 valence electrons. The summed E-state index contributed by atoms with van der Waals surface area (Å²) in [5.41, 5.74) is -1.41. The van der Waals surface area contributed by atoms with Crippen LogP contribution in [0.3, 0.4) is 0 Å². The monoisotopic (exact) mass is 348 g/mol. The Hall–Kier alpha value is -0.870. The van der Waals surface area contributed by atoms with E-state index in [1.165, 1.54) is 7.11 Å². The van der Waals surface area contributed by atoms with Gasteiger partial charge in [0.15, 0.2) is 0 Å². The van der Waals surface area contributed by atoms with E-state index in [0.29, 0.717) is 12.3 Å². The lowest BCUT2D eigenvalue weighted by Crippen LogP contribution is -2.70. The molecule has 4 heteroatoms. The summed E-state index contributed by atoms with van der Waals surface area (Å²) in [6.45, 7) is 8.36. The SMILES string of the molecule is C=C1[C@@H]2CC[C@]3(O)[C@@](CC[C@@H]4[C@](C)(C(=O)OC)CCC[C@]43C)(C2)[C@H]1O. The molecule has 4 nitrogen and oxygen atoms in total. The molecular formula is C21H32O4. The van der Waals surface area contributed by atoms with Gasteiger partial charge in [-0.15, -0.1) is 0 Å². The van der Waals surface area contributed by atoms with Crippen LogP contribution < -0.4 is 0 Å². The van der Waals surface area contributed by atoms with Gasteiger partial charge in [-0.1, -0.05) is 19.9 Å². The minimum atomic E-state index is -0.937. The van der Waals surface area contributed by atoms with Crippen molar-refractivity contribution in [2.24, 2.45) is 28.1 Å². The van der Waals surface area contributed by atoms with Gasteiger partial charge in [0, 0.05) is 10.8 Å². The zero-order valence-electron chi connectivity index (χ0n) is 15.8. The molecule has 25 heavy (non-hydrogen) atoms. The minimum Gasteiger partial charge on any atom is -0.469 e. The van der Waals surface area contributed by atoms with E-state index in [2.05, 4.69) is 13.5 Å². The maximum absolute atomic E-state index is 12.7. The molecule has 4 saturated carbocycles. The van der Waals surface area contributed by atoms with E-state index < -0.39 is 22.5 Å². The Morgan fingerprint density at radius 3 is 2.60 bits per heavy atom. The number of esters is 1. The molecule has 0 aromatic heterocycles. The van der Waals surface area contributed by atoms with Crippen LogP contribution >= 0.6 is 0 Å². The number of hydrogen-bond acceptors (Lipinski definition) is 4. The number of hydrogen-bond donors (Lipinski definition) is 2. The number of carbonyl (C=O) groups is 1. The van der Waals surface area contributed by atoms with Crippen LogP contribution in [0.2, 0.25) is 0 Å². The number of aliphatic hydroxyl groups is 2. The second-order valence-electron chi connectivity index (χ2n) is 9.70. The summed E-state index contributed by atoms with van der Waals surface area (Å²) >= 11 is 0. The van der Waals surface area contributed by atoms with Crippen molar-refractivity contribution in [1.29, 1.82) is 0 Å². The van der Waals surface area contributed by atoms with Crippen molar-refractivity contribution in [1.82, 2.24) is 0 Å². The highest BCUT2D eigenvalue weighted by molar-refractivity contribution is 5.77. The average molecular weight is 348 g/mol. The first kappa shape index (κ1) is 17.5. The van der Waals surface area contributed by atoms with E-state index >= 15 is 0 Å². The van der Waals surface area contributed by atoms with Crippen molar-refractivity contribution in [3.63, 3.8) is 0 Å². The molecule has 2 N–H and O–H groups in total. The number of rotatable bonds is 1. The lowest BCUT2D eigenvalue weighted by Gasteiger charge is -2.68. The molecule has 0 amide bonds. The fourth-order valence-corrected chi connectivity index (χ4v) is 7.76. The minimum absolute atomic E-state index is 0.0921. The van der Waals surface area contributed by atoms with E-state index in [4.69, 9.17) is 4.74 Å². The normalized spacial score (nSPS) is 54.6. The van der Waals surface area contributed by atoms with Crippen molar-refractivity contribution in [2.75, 3.05) is 7.11 Å². The van der Waals surface area contributed by atoms with Crippen LogP contribution in [-0.4, -0.2) is 35.0 Å². The molecule has 0 aliphatic heterocycles. The molecule has 7 atom stereocenters. The van der Waals surface area contributed by atoms with Gasteiger partial charge < -0.3 is 14.9 Å². The summed E-state index contributed by atoms with van der Waals surface area (Å²) in [5, 5.41) is 23.2. The number of aliphatic hydroxyl groups excluding tert-OH is 1. The molecule has 1 spiro atoms. The molecule has 4 rings (SSSR count). The lowest BCUT2D eigenvalue weighted by molar-refractivity contribution is -0.277. The molecule has 0 heterocycles. The highest BCUT2D eigenvalue weighted by Gasteiger charge is 2.74. The average Bonchev–Trinajstić information content (AvgIpc) is 2.79. The Bertz CT molecular complexity index is 629. The quantitative estimate of drug-likeness (QED) is 0.564. The van der Waals surface area contributed by atoms with Gasteiger partial charge in [0.2, 0.25) is 0 Å². The fraction of sp³-hybridized carbons (Fsp3) is 0.857. The van der Waals surface area contributed by atoms with Gasteiger partial charge in [0.05, 0.1) is 24.2 Å². The summed E-state index contributed by atoms with van der Waals surface area (Å²) in [7, 11) is 1.47. The first-order valence-corrected chi connectivity index (χ1v) is 9.84. The predicted octanol–water partition coefficient (Wildman–Crippen LogP) is 3.21. The maximum atomic E-state index is 12.7. The molecule has 4 aliphatic carbocycles. The Balaban J connectivity index is 1.83. The van der Waals surface area contributed by atoms with Gasteiger partial charge in [-0.25, -0.2) is 0 Å². The first-order valence-electron chi connectivity index (χ1n) is 9.84. The molecule has 0 saturated heterocycles. The highest BCUT2D eigenvalue weighted by Crippen LogP contribution is 2.73. The van der Waals surface area contributed by atoms with Crippen LogP contribution in [0.1, 0.15) is 65.2 Å². The van der Waals surface area contributed by atoms with E-state index in [1.807, 2.05) is 6.92 Å². The van der Waals surface area contributed by atoms with Gasteiger partial charge >= 0.3 is 5.97 Å². The van der Waals surface area contributed by atoms with Crippen molar-refractivity contribution in [3.8, 4) is 0 Å². The Kier molecular flexibility index (Phi) is 3.58. The third-order valence-electron chi connectivity index (χ3n) is 9.09. The number of fused-ring (bicyclic) bond motifs is 3. The molecular weight excluding hydrogens is 316 g/mol. The Labute approximate surface area is 150 Å². The van der Waals surface area contributed by atoms with E-state index in [0.717, 1.165) is 50.5 Å². The lowest BCUT2D eigenvalue weighted by atomic mass is 9.38. The van der Waals surface area contributed by atoms with E-state index in [9.17, 15) is 15.0 Å². The van der Waals surface area contributed by atoms with E-state index in [1.54, 1.807) is 0 Å². The standard InChI is InChI=1S/C21H32O4/c1-13-14-6-11-21(24)19(3)9-5-8-18(2,17(23)25-4)15(19)7-10-20(21,12-14)16(13)22/h14-16,22,24H,1,5-12H2,2-4H3/t14-,15-,16+,18-,19-,20+,21-/m1/s1. The van der Waals surface area contributed by atoms with Crippen molar-refractivity contribution < 1.29 is 19.7 Å². The Morgan fingerprint density at radius 2 is 1.92 bits per heavy atom. The van der Waals surface area contributed by atoms with Crippen LogP contribution in [0.4, 0.5) is 0 Å². The predicted molar refractivity (Wildman–Crippen MR) is 94.7 cm³/mol. The molecule has 0 unspecified atom stereocenters. The molecule has 4 fully saturated rings. The topological polar surface area (TPSA) is 66.8 Å². The molecule has 0 radical (unpaired) electrons. The number of methoxy groups -OCH3 is 1. The fourth-order valence-electron chi connectivity index (χ4n) is 7.76. The van der Waals surface area contributed by atoms with Crippen molar-refractivity contribution in [3.05, 3.63) is 12.2 Å². The zero-order valence-corrected chi connectivity index (χ0v) is 15.8. The van der Waals surface area contributed by atoms with Crippen molar-refractivity contribution in [2.45, 2.75) is 76.9 Å². The molecule has 2 bridgehead atoms. The summed E-state index contributed by atoms with van der Waals surface area (Å²) in [6.07, 6.45) is 6.11.